The van der Waals surface area contributed by atoms with E-state index >= 15 is 0 Å². The number of nitrogens with zero attached hydrogens (tertiary/aromatic N) is 1. The van der Waals surface area contributed by atoms with Gasteiger partial charge in [-0.25, -0.2) is 4.79 Å². The minimum Gasteiger partial charge on any atom is -0.444 e. The summed E-state index contributed by atoms with van der Waals surface area (Å²) in [5, 5.41) is 5.61. The van der Waals surface area contributed by atoms with Crippen LogP contribution in [0.25, 0.3) is 0 Å². The molecule has 0 aromatic heterocycles. The fourth-order valence-electron chi connectivity index (χ4n) is 6.57. The fourth-order valence-corrected chi connectivity index (χ4v) is 6.57. The highest BCUT2D eigenvalue weighted by atomic mass is 16.6. The number of nitrogens with one attached hydrogen (secondary N) is 2. The highest BCUT2D eigenvalue weighted by molar-refractivity contribution is 6.37. The van der Waals surface area contributed by atoms with Gasteiger partial charge in [-0.2, -0.15) is 0 Å². The summed E-state index contributed by atoms with van der Waals surface area (Å²) in [6, 6.07) is -2.81. The highest BCUT2D eigenvalue weighted by Gasteiger charge is 2.56. The molecule has 4 N–H and O–H groups in total. The van der Waals surface area contributed by atoms with Crippen molar-refractivity contribution in [2.75, 3.05) is 6.54 Å². The number of hydrogen-bond donors (Lipinski definition) is 3. The van der Waals surface area contributed by atoms with E-state index in [4.69, 9.17) is 10.5 Å². The second kappa shape index (κ2) is 12.3. The molecule has 1 heterocycles. The van der Waals surface area contributed by atoms with Gasteiger partial charge in [-0.1, -0.05) is 60.3 Å². The van der Waals surface area contributed by atoms with Gasteiger partial charge in [-0.05, 0) is 75.0 Å². The van der Waals surface area contributed by atoms with Crippen molar-refractivity contribution in [2.45, 2.75) is 130 Å². The molecule has 3 aliphatic rings. The molecule has 1 unspecified atom stereocenters. The molecular weight excluding hydrogens is 524 g/mol. The highest BCUT2D eigenvalue weighted by Crippen LogP contribution is 2.54. The number of carbonyl (C=O) groups is 5. The number of alkyl carbamates (subject to hydrolysis) is 1. The molecule has 1 saturated heterocycles. The fraction of sp³-hybridized carbons (Fsp3) is 0.839. The molecule has 0 bridgehead atoms. The first-order valence-corrected chi connectivity index (χ1v) is 15.3. The molecule has 0 radical (unpaired) electrons. The molecule has 10 heteroatoms. The predicted octanol–water partition coefficient (Wildman–Crippen LogP) is 3.70. The summed E-state index contributed by atoms with van der Waals surface area (Å²) in [5.41, 5.74) is 3.65. The Hall–Kier alpha value is -2.65. The average Bonchev–Trinajstić information content (AvgIpc) is 3.16. The lowest BCUT2D eigenvalue weighted by molar-refractivity contribution is -0.144. The Balaban J connectivity index is 1.94. The number of likely N-dealkylation sites (tertiary alicyclic amines) is 1. The number of ketones is 1. The van der Waals surface area contributed by atoms with E-state index in [1.165, 1.54) is 0 Å². The molecule has 4 atom stereocenters. The summed E-state index contributed by atoms with van der Waals surface area (Å²) in [7, 11) is 0. The van der Waals surface area contributed by atoms with Crippen LogP contribution in [-0.2, 0) is 23.9 Å². The molecule has 3 fully saturated rings. The quantitative estimate of drug-likeness (QED) is 0.338. The van der Waals surface area contributed by atoms with Crippen molar-refractivity contribution in [3.63, 3.8) is 0 Å². The first-order chi connectivity index (χ1) is 18.9. The van der Waals surface area contributed by atoms with E-state index in [0.29, 0.717) is 25.3 Å². The largest absolute Gasteiger partial charge is 0.444 e. The SMILES string of the molecule is CC(C)[C@@]1(C2CCC2)C[C@@H](C(=O)NC(CC2CCC2)C(=O)C(N)=O)N(C(=O)[C@@H](NC(=O)OC(C)(C)C)C(C)(C)C)C1. The van der Waals surface area contributed by atoms with Gasteiger partial charge < -0.3 is 26.0 Å². The van der Waals surface area contributed by atoms with Crippen molar-refractivity contribution in [3.8, 4) is 0 Å². The van der Waals surface area contributed by atoms with Gasteiger partial charge in [0.25, 0.3) is 5.91 Å². The number of Topliss-reactive ketones (excluding diaryl/α,β-unsaturated/α-hetero) is 1. The van der Waals surface area contributed by atoms with E-state index in [0.717, 1.165) is 38.5 Å². The molecule has 0 aromatic carbocycles. The van der Waals surface area contributed by atoms with Crippen LogP contribution in [-0.4, -0.2) is 64.8 Å². The summed E-state index contributed by atoms with van der Waals surface area (Å²) in [6.07, 6.45) is 6.24. The number of hydrogen-bond acceptors (Lipinski definition) is 6. The van der Waals surface area contributed by atoms with Crippen LogP contribution in [0.2, 0.25) is 0 Å². The van der Waals surface area contributed by atoms with Crippen LogP contribution in [0.1, 0.15) is 107 Å². The molecule has 10 nitrogen and oxygen atoms in total. The summed E-state index contributed by atoms with van der Waals surface area (Å²) in [5.74, 6) is -1.88. The van der Waals surface area contributed by atoms with Gasteiger partial charge in [0, 0.05) is 6.54 Å². The number of primary amides is 1. The third-order valence-electron chi connectivity index (χ3n) is 9.51. The molecular formula is C31H52N4O6. The molecule has 3 rings (SSSR count). The van der Waals surface area contributed by atoms with E-state index in [1.54, 1.807) is 25.7 Å². The van der Waals surface area contributed by atoms with Crippen molar-refractivity contribution in [1.29, 1.82) is 0 Å². The molecule has 1 aliphatic heterocycles. The van der Waals surface area contributed by atoms with E-state index in [2.05, 4.69) is 24.5 Å². The maximum atomic E-state index is 14.3. The summed E-state index contributed by atoms with van der Waals surface area (Å²) >= 11 is 0. The standard InChI is InChI=1S/C31H52N4O6/c1-18(2)31(20-13-10-14-20)16-22(26(38)33-21(23(36)25(32)37)15-19-11-9-12-19)35(17-31)27(39)24(29(3,4)5)34-28(40)41-30(6,7)8/h18-22,24H,9-17H2,1-8H3,(H2,32,37)(H,33,38)(H,34,40)/t21?,22-,24+,31+/m0/s1. The Morgan fingerprint density at radius 1 is 0.951 bits per heavy atom. The van der Waals surface area contributed by atoms with Crippen LogP contribution >= 0.6 is 0 Å². The second-order valence-corrected chi connectivity index (χ2v) is 15.0. The van der Waals surface area contributed by atoms with Crippen molar-refractivity contribution in [3.05, 3.63) is 0 Å². The third kappa shape index (κ3) is 7.60. The summed E-state index contributed by atoms with van der Waals surface area (Å²) < 4.78 is 5.47. The van der Waals surface area contributed by atoms with Crippen LogP contribution in [0.5, 0.6) is 0 Å². The second-order valence-electron chi connectivity index (χ2n) is 15.0. The van der Waals surface area contributed by atoms with Gasteiger partial charge in [-0.15, -0.1) is 0 Å². The lowest BCUT2D eigenvalue weighted by Gasteiger charge is -2.46. The smallest absolute Gasteiger partial charge is 0.408 e. The number of ether oxygens (including phenoxy) is 1. The van der Waals surface area contributed by atoms with Crippen LogP contribution in [0, 0.1) is 28.6 Å². The van der Waals surface area contributed by atoms with Crippen molar-refractivity contribution >= 4 is 29.6 Å². The van der Waals surface area contributed by atoms with Crippen LogP contribution in [0.15, 0.2) is 0 Å². The molecule has 232 valence electrons. The Kier molecular flexibility index (Phi) is 9.86. The minimum atomic E-state index is -1.07. The van der Waals surface area contributed by atoms with Crippen LogP contribution < -0.4 is 16.4 Å². The maximum absolute atomic E-state index is 14.3. The topological polar surface area (TPSA) is 148 Å². The van der Waals surface area contributed by atoms with Gasteiger partial charge in [-0.3, -0.25) is 19.2 Å². The van der Waals surface area contributed by atoms with E-state index < -0.39 is 52.8 Å². The van der Waals surface area contributed by atoms with Gasteiger partial charge in [0.2, 0.25) is 17.6 Å². The zero-order valence-corrected chi connectivity index (χ0v) is 26.3. The van der Waals surface area contributed by atoms with Crippen molar-refractivity contribution in [2.24, 2.45) is 34.3 Å². The number of rotatable bonds is 10. The zero-order valence-electron chi connectivity index (χ0n) is 26.3. The number of nitrogens with two attached hydrogens (primary N) is 1. The van der Waals surface area contributed by atoms with E-state index in [9.17, 15) is 24.0 Å². The lowest BCUT2D eigenvalue weighted by Crippen LogP contribution is -2.59. The van der Waals surface area contributed by atoms with E-state index in [1.807, 2.05) is 20.8 Å². The number of carbonyl (C=O) groups excluding carboxylic acids is 5. The Labute approximate surface area is 245 Å². The van der Waals surface area contributed by atoms with Gasteiger partial charge in [0.1, 0.15) is 17.7 Å². The zero-order chi connectivity index (χ0) is 30.9. The first-order valence-electron chi connectivity index (χ1n) is 15.3. The van der Waals surface area contributed by atoms with Crippen molar-refractivity contribution in [1.82, 2.24) is 15.5 Å². The Morgan fingerprint density at radius 3 is 1.95 bits per heavy atom. The molecule has 2 aliphatic carbocycles. The molecule has 2 saturated carbocycles. The predicted molar refractivity (Wildman–Crippen MR) is 155 cm³/mol. The third-order valence-corrected chi connectivity index (χ3v) is 9.51. The summed E-state index contributed by atoms with van der Waals surface area (Å²) in [6.45, 7) is 15.5. The Bertz CT molecular complexity index is 1020. The maximum Gasteiger partial charge on any atom is 0.408 e. The molecule has 41 heavy (non-hydrogen) atoms. The minimum absolute atomic E-state index is 0.200. The lowest BCUT2D eigenvalue weighted by atomic mass is 9.59. The summed E-state index contributed by atoms with van der Waals surface area (Å²) in [4.78, 5) is 67.3. The van der Waals surface area contributed by atoms with Gasteiger partial charge >= 0.3 is 6.09 Å². The monoisotopic (exact) mass is 576 g/mol. The molecule has 4 amide bonds. The average molecular weight is 577 g/mol. The number of amides is 4. The van der Waals surface area contributed by atoms with Gasteiger partial charge in [0.15, 0.2) is 0 Å². The normalized spacial score (nSPS) is 25.1. The molecule has 0 spiro atoms. The molecule has 0 aromatic rings. The van der Waals surface area contributed by atoms with Crippen LogP contribution in [0.4, 0.5) is 4.79 Å². The van der Waals surface area contributed by atoms with Crippen molar-refractivity contribution < 1.29 is 28.7 Å². The van der Waals surface area contributed by atoms with E-state index in [-0.39, 0.29) is 23.2 Å². The Morgan fingerprint density at radius 2 is 1.54 bits per heavy atom. The first kappa shape index (κ1) is 32.9. The van der Waals surface area contributed by atoms with Gasteiger partial charge in [0.05, 0.1) is 6.04 Å². The van der Waals surface area contributed by atoms with Crippen LogP contribution in [0.3, 0.4) is 0 Å².